The van der Waals surface area contributed by atoms with Crippen molar-refractivity contribution in [3.63, 3.8) is 0 Å². The minimum absolute atomic E-state index is 0.281. The Bertz CT molecular complexity index is 438. The molecule has 0 spiro atoms. The molecule has 1 aliphatic rings. The zero-order valence-corrected chi connectivity index (χ0v) is 11.5. The van der Waals surface area contributed by atoms with Crippen LogP contribution in [0.3, 0.4) is 0 Å². The molecule has 104 valence electrons. The Hall–Kier alpha value is -1.58. The van der Waals surface area contributed by atoms with Crippen LogP contribution in [0.25, 0.3) is 0 Å². The van der Waals surface area contributed by atoms with E-state index in [1.54, 1.807) is 19.1 Å². The van der Waals surface area contributed by atoms with Gasteiger partial charge in [0.25, 0.3) is 0 Å². The monoisotopic (exact) mass is 262 g/mol. The molecule has 19 heavy (non-hydrogen) atoms. The minimum Gasteiger partial charge on any atom is -0.478 e. The first kappa shape index (κ1) is 13.8. The highest BCUT2D eigenvalue weighted by molar-refractivity contribution is 5.89. The summed E-state index contributed by atoms with van der Waals surface area (Å²) in [4.78, 5) is 15.3. The highest BCUT2D eigenvalue weighted by Gasteiger charge is 2.13. The number of nitrogens with one attached hydrogen (secondary N) is 1. The number of pyridine rings is 1. The average molecular weight is 262 g/mol. The molecule has 1 saturated carbocycles. The van der Waals surface area contributed by atoms with Crippen LogP contribution in [0, 0.1) is 6.92 Å². The summed E-state index contributed by atoms with van der Waals surface area (Å²) in [6.45, 7) is 1.74. The van der Waals surface area contributed by atoms with E-state index in [1.807, 2.05) is 0 Å². The second-order valence-electron chi connectivity index (χ2n) is 5.32. The Balaban J connectivity index is 2.01. The summed E-state index contributed by atoms with van der Waals surface area (Å²) in [5.41, 5.74) is 0.853. The van der Waals surface area contributed by atoms with Crippen LogP contribution >= 0.6 is 0 Å². The number of nitrogens with zero attached hydrogens (tertiary/aromatic N) is 1. The Labute approximate surface area is 114 Å². The lowest BCUT2D eigenvalue weighted by Crippen LogP contribution is -2.21. The third-order valence-electron chi connectivity index (χ3n) is 3.77. The number of aryl methyl sites for hydroxylation is 1. The van der Waals surface area contributed by atoms with Crippen molar-refractivity contribution in [1.29, 1.82) is 0 Å². The van der Waals surface area contributed by atoms with Gasteiger partial charge in [0.05, 0.1) is 11.3 Å². The molecule has 0 aromatic carbocycles. The average Bonchev–Trinajstić information content (AvgIpc) is 2.32. The van der Waals surface area contributed by atoms with Gasteiger partial charge in [-0.2, -0.15) is 0 Å². The maximum Gasteiger partial charge on any atom is 0.337 e. The van der Waals surface area contributed by atoms with E-state index in [0.717, 1.165) is 5.82 Å². The largest absolute Gasteiger partial charge is 0.478 e. The van der Waals surface area contributed by atoms with E-state index in [9.17, 15) is 4.79 Å². The fourth-order valence-corrected chi connectivity index (χ4v) is 2.68. The van der Waals surface area contributed by atoms with Gasteiger partial charge in [-0.15, -0.1) is 0 Å². The van der Waals surface area contributed by atoms with Crippen molar-refractivity contribution in [2.45, 2.75) is 57.9 Å². The zero-order valence-electron chi connectivity index (χ0n) is 11.5. The number of carbonyl (C=O) groups is 1. The standard InChI is InChI=1S/C15H22N2O2/c1-11-13(15(18)19)9-10-14(16-11)17-12-7-5-3-2-4-6-8-12/h9-10,12H,2-8H2,1H3,(H,16,17)(H,18,19). The van der Waals surface area contributed by atoms with Crippen LogP contribution in [0.2, 0.25) is 0 Å². The molecule has 0 unspecified atom stereocenters. The second-order valence-corrected chi connectivity index (χ2v) is 5.32. The minimum atomic E-state index is -0.914. The van der Waals surface area contributed by atoms with Gasteiger partial charge >= 0.3 is 5.97 Å². The molecule has 0 radical (unpaired) electrons. The normalized spacial score (nSPS) is 17.5. The molecule has 0 atom stereocenters. The van der Waals surface area contributed by atoms with Crippen LogP contribution in [0.5, 0.6) is 0 Å². The number of carboxylic acid groups (broad SMARTS) is 1. The number of aromatic carboxylic acids is 1. The molecular weight excluding hydrogens is 240 g/mol. The summed E-state index contributed by atoms with van der Waals surface area (Å²) in [5.74, 6) is -0.115. The predicted molar refractivity (Wildman–Crippen MR) is 75.7 cm³/mol. The Kier molecular flexibility index (Phi) is 4.77. The molecule has 0 bridgehead atoms. The van der Waals surface area contributed by atoms with Gasteiger partial charge in [-0.25, -0.2) is 9.78 Å². The van der Waals surface area contributed by atoms with Crippen LogP contribution in [0.4, 0.5) is 5.82 Å². The molecular formula is C15H22N2O2. The summed E-state index contributed by atoms with van der Waals surface area (Å²) < 4.78 is 0. The Morgan fingerprint density at radius 3 is 2.42 bits per heavy atom. The van der Waals surface area contributed by atoms with Gasteiger partial charge in [-0.1, -0.05) is 32.1 Å². The lowest BCUT2D eigenvalue weighted by Gasteiger charge is -2.21. The maximum atomic E-state index is 10.9. The van der Waals surface area contributed by atoms with E-state index in [4.69, 9.17) is 5.11 Å². The third-order valence-corrected chi connectivity index (χ3v) is 3.77. The molecule has 4 nitrogen and oxygen atoms in total. The quantitative estimate of drug-likeness (QED) is 0.873. The van der Waals surface area contributed by atoms with E-state index in [1.165, 1.54) is 44.9 Å². The van der Waals surface area contributed by atoms with Crippen molar-refractivity contribution in [2.75, 3.05) is 5.32 Å². The molecule has 1 aliphatic carbocycles. The van der Waals surface area contributed by atoms with Crippen molar-refractivity contribution < 1.29 is 9.90 Å². The third kappa shape index (κ3) is 3.94. The molecule has 1 heterocycles. The van der Waals surface area contributed by atoms with E-state index in [-0.39, 0.29) is 5.56 Å². The number of hydrogen-bond donors (Lipinski definition) is 2. The van der Waals surface area contributed by atoms with Crippen LogP contribution in [-0.4, -0.2) is 22.1 Å². The number of carboxylic acids is 1. The molecule has 0 aliphatic heterocycles. The van der Waals surface area contributed by atoms with Gasteiger partial charge in [0.2, 0.25) is 0 Å². The fourth-order valence-electron chi connectivity index (χ4n) is 2.68. The van der Waals surface area contributed by atoms with Crippen molar-refractivity contribution in [3.05, 3.63) is 23.4 Å². The van der Waals surface area contributed by atoms with Crippen LogP contribution in [0.15, 0.2) is 12.1 Å². The number of aromatic nitrogens is 1. The van der Waals surface area contributed by atoms with Crippen molar-refractivity contribution in [1.82, 2.24) is 4.98 Å². The number of rotatable bonds is 3. The van der Waals surface area contributed by atoms with E-state index in [0.29, 0.717) is 11.7 Å². The Morgan fingerprint density at radius 2 is 1.84 bits per heavy atom. The molecule has 4 heteroatoms. The van der Waals surface area contributed by atoms with Crippen LogP contribution in [0.1, 0.15) is 61.0 Å². The van der Waals surface area contributed by atoms with Crippen LogP contribution < -0.4 is 5.32 Å². The summed E-state index contributed by atoms with van der Waals surface area (Å²) in [5, 5.41) is 12.4. The van der Waals surface area contributed by atoms with Gasteiger partial charge in [-0.05, 0) is 31.9 Å². The highest BCUT2D eigenvalue weighted by Crippen LogP contribution is 2.20. The van der Waals surface area contributed by atoms with Crippen molar-refractivity contribution in [3.8, 4) is 0 Å². The van der Waals surface area contributed by atoms with Gasteiger partial charge in [0.1, 0.15) is 5.82 Å². The molecule has 0 saturated heterocycles. The molecule has 2 N–H and O–H groups in total. The zero-order chi connectivity index (χ0) is 13.7. The number of hydrogen-bond acceptors (Lipinski definition) is 3. The summed E-state index contributed by atoms with van der Waals surface area (Å²) in [6, 6.07) is 3.88. The Morgan fingerprint density at radius 1 is 1.21 bits per heavy atom. The SMILES string of the molecule is Cc1nc(NC2CCCCCCC2)ccc1C(=O)O. The molecule has 1 fully saturated rings. The van der Waals surface area contributed by atoms with Crippen molar-refractivity contribution >= 4 is 11.8 Å². The molecule has 2 rings (SSSR count). The van der Waals surface area contributed by atoms with Crippen molar-refractivity contribution in [2.24, 2.45) is 0 Å². The van der Waals surface area contributed by atoms with E-state index >= 15 is 0 Å². The fraction of sp³-hybridized carbons (Fsp3) is 0.600. The van der Waals surface area contributed by atoms with Gasteiger partial charge in [0, 0.05) is 6.04 Å². The lowest BCUT2D eigenvalue weighted by molar-refractivity contribution is 0.0695. The summed E-state index contributed by atoms with van der Waals surface area (Å²) in [7, 11) is 0. The lowest BCUT2D eigenvalue weighted by atomic mass is 9.97. The molecule has 0 amide bonds. The maximum absolute atomic E-state index is 10.9. The smallest absolute Gasteiger partial charge is 0.337 e. The first-order valence-corrected chi connectivity index (χ1v) is 7.14. The topological polar surface area (TPSA) is 62.2 Å². The first-order chi connectivity index (χ1) is 9.16. The van der Waals surface area contributed by atoms with E-state index in [2.05, 4.69) is 10.3 Å². The highest BCUT2D eigenvalue weighted by atomic mass is 16.4. The summed E-state index contributed by atoms with van der Waals surface area (Å²) in [6.07, 6.45) is 8.90. The number of anilines is 1. The molecule has 1 aromatic heterocycles. The summed E-state index contributed by atoms with van der Waals surface area (Å²) >= 11 is 0. The first-order valence-electron chi connectivity index (χ1n) is 7.14. The predicted octanol–water partition coefficient (Wildman–Crippen LogP) is 3.61. The van der Waals surface area contributed by atoms with Crippen LogP contribution in [-0.2, 0) is 0 Å². The second kappa shape index (κ2) is 6.55. The van der Waals surface area contributed by atoms with Gasteiger partial charge in [0.15, 0.2) is 0 Å². The molecule has 1 aromatic rings. The van der Waals surface area contributed by atoms with Gasteiger partial charge < -0.3 is 10.4 Å². The van der Waals surface area contributed by atoms with Gasteiger partial charge in [-0.3, -0.25) is 0 Å². The van der Waals surface area contributed by atoms with E-state index < -0.39 is 5.97 Å².